The highest BCUT2D eigenvalue weighted by molar-refractivity contribution is 7.86. The van der Waals surface area contributed by atoms with E-state index in [9.17, 15) is 16.8 Å². The van der Waals surface area contributed by atoms with Crippen molar-refractivity contribution in [2.24, 2.45) is 11.8 Å². The highest BCUT2D eigenvalue weighted by Crippen LogP contribution is 2.54. The Bertz CT molecular complexity index is 640. The lowest BCUT2D eigenvalue weighted by Crippen LogP contribution is -2.52. The van der Waals surface area contributed by atoms with Gasteiger partial charge in [-0.1, -0.05) is 0 Å². The lowest BCUT2D eigenvalue weighted by atomic mass is 9.72. The van der Waals surface area contributed by atoms with Gasteiger partial charge in [0, 0.05) is 26.1 Å². The Balaban J connectivity index is 2.26. The molecular weight excluding hydrogens is 364 g/mol. The van der Waals surface area contributed by atoms with E-state index in [1.807, 2.05) is 0 Å². The van der Waals surface area contributed by atoms with E-state index in [1.165, 1.54) is 14.2 Å². The van der Waals surface area contributed by atoms with E-state index in [0.29, 0.717) is 12.8 Å². The third kappa shape index (κ3) is 4.26. The minimum absolute atomic E-state index is 0.108. The van der Waals surface area contributed by atoms with Crippen LogP contribution in [0.15, 0.2) is 0 Å². The number of fused-ring (bicyclic) bond motifs is 2. The van der Waals surface area contributed by atoms with E-state index in [2.05, 4.69) is 0 Å². The van der Waals surface area contributed by atoms with E-state index in [4.69, 9.17) is 22.6 Å². The molecule has 2 aliphatic heterocycles. The number of rotatable bonds is 9. The molecule has 2 bridgehead atoms. The molecule has 0 spiro atoms. The average molecular weight is 388 g/mol. The van der Waals surface area contributed by atoms with E-state index in [-0.39, 0.29) is 25.2 Å². The largest absolute Gasteiger partial charge is 0.366 e. The Morgan fingerprint density at radius 3 is 2.08 bits per heavy atom. The Hall–Kier alpha value is -0.300. The normalized spacial score (nSPS) is 33.5. The zero-order valence-corrected chi connectivity index (χ0v) is 15.8. The van der Waals surface area contributed by atoms with Crippen molar-refractivity contribution in [2.45, 2.75) is 30.8 Å². The van der Waals surface area contributed by atoms with Gasteiger partial charge < -0.3 is 14.2 Å². The van der Waals surface area contributed by atoms with Crippen molar-refractivity contribution >= 4 is 20.2 Å². The molecule has 11 heteroatoms. The summed E-state index contributed by atoms with van der Waals surface area (Å²) in [6.45, 7) is -0.264. The van der Waals surface area contributed by atoms with Crippen LogP contribution in [0.3, 0.4) is 0 Å². The first-order valence-corrected chi connectivity index (χ1v) is 11.1. The van der Waals surface area contributed by atoms with Crippen LogP contribution < -0.4 is 0 Å². The summed E-state index contributed by atoms with van der Waals surface area (Å²) in [7, 11) is -4.35. The van der Waals surface area contributed by atoms with Crippen molar-refractivity contribution in [3.05, 3.63) is 0 Å². The van der Waals surface area contributed by atoms with Gasteiger partial charge in [0.2, 0.25) is 0 Å². The summed E-state index contributed by atoms with van der Waals surface area (Å²) in [6, 6.07) is 0. The second kappa shape index (κ2) is 7.14. The number of hydrogen-bond acceptors (Lipinski definition) is 9. The molecular formula is C13H24O9S2. The highest BCUT2D eigenvalue weighted by atomic mass is 32.2. The van der Waals surface area contributed by atoms with Gasteiger partial charge in [-0.15, -0.1) is 0 Å². The van der Waals surface area contributed by atoms with E-state index >= 15 is 0 Å². The topological polar surface area (TPSA) is 114 Å². The number of ether oxygens (including phenoxy) is 3. The maximum atomic E-state index is 11.4. The first-order valence-electron chi connectivity index (χ1n) is 7.44. The summed E-state index contributed by atoms with van der Waals surface area (Å²) < 4.78 is 72.0. The molecule has 9 nitrogen and oxygen atoms in total. The molecule has 0 unspecified atom stereocenters. The van der Waals surface area contributed by atoms with Crippen molar-refractivity contribution < 1.29 is 39.4 Å². The van der Waals surface area contributed by atoms with Crippen LogP contribution in [-0.2, 0) is 42.8 Å². The fourth-order valence-corrected chi connectivity index (χ4v) is 4.49. The summed E-state index contributed by atoms with van der Waals surface area (Å²) in [5.41, 5.74) is -0.898. The predicted octanol–water partition coefficient (Wildman–Crippen LogP) is -0.278. The number of methoxy groups -OCH3 is 2. The predicted molar refractivity (Wildman–Crippen MR) is 83.2 cm³/mol. The molecule has 0 N–H and O–H groups in total. The zero-order chi connectivity index (χ0) is 18.2. The quantitative estimate of drug-likeness (QED) is 0.388. The molecule has 0 radical (unpaired) electrons. The highest BCUT2D eigenvalue weighted by Gasteiger charge is 2.63. The summed E-state index contributed by atoms with van der Waals surface area (Å²) in [4.78, 5) is 0. The Kier molecular flexibility index (Phi) is 5.95. The number of hydrogen-bond donors (Lipinski definition) is 0. The monoisotopic (exact) mass is 388 g/mol. The van der Waals surface area contributed by atoms with Gasteiger partial charge in [0.25, 0.3) is 20.2 Å². The van der Waals surface area contributed by atoms with Crippen molar-refractivity contribution in [3.63, 3.8) is 0 Å². The molecule has 2 rings (SSSR count). The van der Waals surface area contributed by atoms with E-state index < -0.39 is 38.0 Å². The van der Waals surface area contributed by atoms with Gasteiger partial charge in [-0.2, -0.15) is 16.8 Å². The maximum absolute atomic E-state index is 11.4. The third-order valence-electron chi connectivity index (χ3n) is 4.58. The Labute approximate surface area is 142 Å². The molecule has 0 aromatic rings. The molecule has 0 saturated carbocycles. The average Bonchev–Trinajstić information content (AvgIpc) is 2.99. The van der Waals surface area contributed by atoms with Crippen LogP contribution in [0.1, 0.15) is 12.8 Å². The van der Waals surface area contributed by atoms with Crippen LogP contribution in [-0.4, -0.2) is 74.8 Å². The Morgan fingerprint density at radius 2 is 1.58 bits per heavy atom. The second-order valence-corrected chi connectivity index (χ2v) is 9.49. The van der Waals surface area contributed by atoms with E-state index in [1.54, 1.807) is 0 Å². The van der Waals surface area contributed by atoms with Crippen LogP contribution in [0.4, 0.5) is 0 Å². The van der Waals surface area contributed by atoms with Crippen LogP contribution in [0.5, 0.6) is 0 Å². The molecule has 2 heterocycles. The lowest BCUT2D eigenvalue weighted by molar-refractivity contribution is -0.226. The molecule has 0 aromatic heterocycles. The molecule has 2 fully saturated rings. The van der Waals surface area contributed by atoms with Gasteiger partial charge in [-0.3, -0.25) is 8.37 Å². The maximum Gasteiger partial charge on any atom is 0.264 e. The van der Waals surface area contributed by atoms with Crippen LogP contribution in [0.2, 0.25) is 0 Å². The first kappa shape index (κ1) is 20.0. The lowest BCUT2D eigenvalue weighted by Gasteiger charge is -2.39. The van der Waals surface area contributed by atoms with Crippen molar-refractivity contribution in [3.8, 4) is 0 Å². The molecule has 0 aromatic carbocycles. The van der Waals surface area contributed by atoms with Crippen molar-refractivity contribution in [1.29, 1.82) is 0 Å². The molecule has 142 valence electrons. The second-order valence-electron chi connectivity index (χ2n) is 6.20. The fraction of sp³-hybridized carbons (Fsp3) is 1.00. The van der Waals surface area contributed by atoms with E-state index in [0.717, 1.165) is 12.5 Å². The van der Waals surface area contributed by atoms with Gasteiger partial charge >= 0.3 is 0 Å². The summed E-state index contributed by atoms with van der Waals surface area (Å²) >= 11 is 0. The van der Waals surface area contributed by atoms with Gasteiger partial charge in [0.15, 0.2) is 6.29 Å². The zero-order valence-electron chi connectivity index (χ0n) is 14.1. The summed E-state index contributed by atoms with van der Waals surface area (Å²) in [5.74, 6) is -0.791. The van der Waals surface area contributed by atoms with Gasteiger partial charge in [0.1, 0.15) is 5.60 Å². The molecule has 24 heavy (non-hydrogen) atoms. The molecule has 4 atom stereocenters. The van der Waals surface area contributed by atoms with Crippen molar-refractivity contribution in [2.75, 3.05) is 39.9 Å². The first-order chi connectivity index (χ1) is 11.0. The minimum atomic E-state index is -3.66. The summed E-state index contributed by atoms with van der Waals surface area (Å²) in [6.07, 6.45) is 2.20. The van der Waals surface area contributed by atoms with Gasteiger partial charge in [0.05, 0.1) is 31.8 Å². The van der Waals surface area contributed by atoms with Gasteiger partial charge in [-0.25, -0.2) is 0 Å². The van der Waals surface area contributed by atoms with Crippen LogP contribution in [0.25, 0.3) is 0 Å². The van der Waals surface area contributed by atoms with Crippen molar-refractivity contribution in [1.82, 2.24) is 0 Å². The van der Waals surface area contributed by atoms with Crippen LogP contribution in [0, 0.1) is 11.8 Å². The molecule has 0 amide bonds. The minimum Gasteiger partial charge on any atom is -0.366 e. The molecule has 0 aliphatic carbocycles. The molecule has 2 aliphatic rings. The van der Waals surface area contributed by atoms with Gasteiger partial charge in [-0.05, 0) is 12.8 Å². The smallest absolute Gasteiger partial charge is 0.264 e. The fourth-order valence-electron chi connectivity index (χ4n) is 3.69. The standard InChI is InChI=1S/C13H24O9S2/c1-18-12(19-2)13-6-5-11(22-13)9(7-20-23(3,14)15)10(13)8-21-24(4,16)17/h9-12H,5-8H2,1-4H3/t9-,10+,11+,13-/m0/s1. The van der Waals surface area contributed by atoms with Crippen LogP contribution >= 0.6 is 0 Å². The summed E-state index contributed by atoms with van der Waals surface area (Å²) in [5, 5.41) is 0. The third-order valence-corrected chi connectivity index (χ3v) is 5.70. The SMILES string of the molecule is COC(OC)[C@@]12CC[C@@H](O1)[C@@H](COS(C)(=O)=O)[C@H]2COS(C)(=O)=O. The molecule has 2 saturated heterocycles. The Morgan fingerprint density at radius 1 is 1.04 bits per heavy atom.